The molecule has 270 valence electrons. The monoisotopic (exact) mass is 744 g/mol. The lowest BCUT2D eigenvalue weighted by Crippen LogP contribution is -2.57. The van der Waals surface area contributed by atoms with E-state index < -0.39 is 30.2 Å². The van der Waals surface area contributed by atoms with Crippen LogP contribution in [0.15, 0.2) is 91.1 Å². The van der Waals surface area contributed by atoms with E-state index in [2.05, 4.69) is 40.7 Å². The van der Waals surface area contributed by atoms with Gasteiger partial charge in [-0.1, -0.05) is 96.9 Å². The molecule has 14 heteroatoms. The molecule has 0 fully saturated rings. The van der Waals surface area contributed by atoms with Crippen molar-refractivity contribution in [1.29, 1.82) is 0 Å². The zero-order chi connectivity index (χ0) is 37.3. The lowest BCUT2D eigenvalue weighted by molar-refractivity contribution is -0.192. The molecule has 0 aliphatic rings. The van der Waals surface area contributed by atoms with E-state index in [0.717, 1.165) is 38.4 Å². The summed E-state index contributed by atoms with van der Waals surface area (Å²) in [6, 6.07) is 26.6. The largest absolute Gasteiger partial charge is 0.490 e. The van der Waals surface area contributed by atoms with Gasteiger partial charge in [0.1, 0.15) is 6.04 Å². The van der Waals surface area contributed by atoms with Gasteiger partial charge in [-0.05, 0) is 58.5 Å². The van der Waals surface area contributed by atoms with Crippen molar-refractivity contribution < 1.29 is 37.8 Å². The van der Waals surface area contributed by atoms with E-state index >= 15 is 0 Å². The SMILES string of the molecule is CCN(N[C@H](CC(=O)O)Cc1c[nH]c2ccccc12)[C@@H](Cc1ccc2ccccc2c1)C(=O)N(C)Cc1ccc(Cl)c(Cl)c1.O=C(O)C(F)(F)F. The Morgan fingerprint density at radius 2 is 1.51 bits per heavy atom. The van der Waals surface area contributed by atoms with Crippen molar-refractivity contribution in [2.75, 3.05) is 13.6 Å². The van der Waals surface area contributed by atoms with Gasteiger partial charge < -0.3 is 20.1 Å². The summed E-state index contributed by atoms with van der Waals surface area (Å²) in [5.41, 5.74) is 7.35. The second kappa shape index (κ2) is 17.5. The fraction of sp³-hybridized carbons (Fsp3) is 0.270. The van der Waals surface area contributed by atoms with Gasteiger partial charge in [-0.3, -0.25) is 15.0 Å². The normalized spacial score (nSPS) is 12.7. The third-order valence-electron chi connectivity index (χ3n) is 8.18. The summed E-state index contributed by atoms with van der Waals surface area (Å²) in [6.45, 7) is 2.79. The number of carboxylic acid groups (broad SMARTS) is 2. The van der Waals surface area contributed by atoms with E-state index in [9.17, 15) is 27.9 Å². The summed E-state index contributed by atoms with van der Waals surface area (Å²) in [5.74, 6) is -3.76. The van der Waals surface area contributed by atoms with Crippen LogP contribution in [0.25, 0.3) is 21.7 Å². The third kappa shape index (κ3) is 10.9. The molecule has 0 bridgehead atoms. The van der Waals surface area contributed by atoms with Gasteiger partial charge in [0.2, 0.25) is 5.91 Å². The Morgan fingerprint density at radius 1 is 0.863 bits per heavy atom. The standard InChI is InChI=1S/C35H36Cl2N4O3.C2HF3O2/c1-3-41(39-28(20-34(42)43)19-27-21-38-32-11-7-6-10-29(27)32)33(18-23-12-14-25-8-4-5-9-26(25)16-23)35(44)40(2)22-24-13-15-30(36)31(37)17-24;3-2(4,5)1(6)7/h4-17,21,28,33,38-39H,3,18-20,22H2,1-2H3,(H,42,43);(H,6,7)/t28-,33-;/m0./s1. The molecule has 51 heavy (non-hydrogen) atoms. The molecule has 5 rings (SSSR count). The number of para-hydroxylation sites is 1. The number of alkyl halides is 3. The molecule has 5 aromatic rings. The smallest absolute Gasteiger partial charge is 0.481 e. The number of benzene rings is 4. The van der Waals surface area contributed by atoms with Crippen LogP contribution in [-0.4, -0.2) is 74.8 Å². The number of aromatic nitrogens is 1. The highest BCUT2D eigenvalue weighted by Crippen LogP contribution is 2.25. The van der Waals surface area contributed by atoms with Crippen LogP contribution >= 0.6 is 23.2 Å². The van der Waals surface area contributed by atoms with Gasteiger partial charge in [0.05, 0.1) is 16.5 Å². The number of nitrogens with one attached hydrogen (secondary N) is 2. The summed E-state index contributed by atoms with van der Waals surface area (Å²) in [6.07, 6.45) is -2.35. The van der Waals surface area contributed by atoms with Gasteiger partial charge in [-0.15, -0.1) is 0 Å². The number of hydrazine groups is 1. The van der Waals surface area contributed by atoms with E-state index in [1.165, 1.54) is 0 Å². The van der Waals surface area contributed by atoms with Crippen molar-refractivity contribution in [2.24, 2.45) is 0 Å². The molecule has 0 unspecified atom stereocenters. The van der Waals surface area contributed by atoms with E-state index in [1.807, 2.05) is 60.6 Å². The number of rotatable bonds is 13. The maximum Gasteiger partial charge on any atom is 0.490 e. The van der Waals surface area contributed by atoms with Gasteiger partial charge in [-0.2, -0.15) is 13.2 Å². The Balaban J connectivity index is 0.000000755. The van der Waals surface area contributed by atoms with Gasteiger partial charge in [0.15, 0.2) is 0 Å². The minimum atomic E-state index is -5.08. The van der Waals surface area contributed by atoms with Crippen LogP contribution in [-0.2, 0) is 33.8 Å². The molecule has 0 aliphatic carbocycles. The Bertz CT molecular complexity index is 1990. The molecule has 0 aliphatic heterocycles. The summed E-state index contributed by atoms with van der Waals surface area (Å²) < 4.78 is 31.7. The predicted molar refractivity (Wildman–Crippen MR) is 192 cm³/mol. The zero-order valence-corrected chi connectivity index (χ0v) is 29.3. The van der Waals surface area contributed by atoms with Gasteiger partial charge in [0, 0.05) is 43.3 Å². The molecule has 1 amide bonds. The minimum absolute atomic E-state index is 0.0975. The van der Waals surface area contributed by atoms with Gasteiger partial charge >= 0.3 is 18.1 Å². The number of hydrogen-bond acceptors (Lipinski definition) is 5. The number of halogens is 5. The average molecular weight is 746 g/mol. The number of carbonyl (C=O) groups is 3. The lowest BCUT2D eigenvalue weighted by Gasteiger charge is -2.36. The molecular weight excluding hydrogens is 708 g/mol. The van der Waals surface area contributed by atoms with Crippen LogP contribution < -0.4 is 5.43 Å². The van der Waals surface area contributed by atoms with Crippen molar-refractivity contribution in [2.45, 2.75) is 51.0 Å². The topological polar surface area (TPSA) is 126 Å². The third-order valence-corrected chi connectivity index (χ3v) is 8.92. The number of H-pyrrole nitrogens is 1. The van der Waals surface area contributed by atoms with Crippen molar-refractivity contribution in [3.8, 4) is 0 Å². The first-order valence-electron chi connectivity index (χ1n) is 15.9. The zero-order valence-electron chi connectivity index (χ0n) is 27.8. The minimum Gasteiger partial charge on any atom is -0.481 e. The number of carboxylic acids is 2. The van der Waals surface area contributed by atoms with Crippen LogP contribution in [0.4, 0.5) is 13.2 Å². The maximum atomic E-state index is 14.2. The molecule has 4 aromatic carbocycles. The number of aromatic amines is 1. The molecule has 1 heterocycles. The molecule has 0 saturated carbocycles. The number of fused-ring (bicyclic) bond motifs is 2. The summed E-state index contributed by atoms with van der Waals surface area (Å²) in [4.78, 5) is 40.1. The summed E-state index contributed by atoms with van der Waals surface area (Å²) >= 11 is 12.4. The fourth-order valence-electron chi connectivity index (χ4n) is 5.74. The van der Waals surface area contributed by atoms with Crippen molar-refractivity contribution in [3.05, 3.63) is 118 Å². The molecular formula is C37H37Cl2F3N4O5. The molecule has 0 radical (unpaired) electrons. The highest BCUT2D eigenvalue weighted by molar-refractivity contribution is 6.42. The number of likely N-dealkylation sites (N-methyl/N-ethyl adjacent to an activating group) is 2. The molecule has 4 N–H and O–H groups in total. The quantitative estimate of drug-likeness (QED) is 0.0909. The lowest BCUT2D eigenvalue weighted by atomic mass is 10.00. The van der Waals surface area contributed by atoms with E-state index in [0.29, 0.717) is 36.0 Å². The van der Waals surface area contributed by atoms with Crippen molar-refractivity contribution in [3.63, 3.8) is 0 Å². The first kappa shape index (κ1) is 39.2. The van der Waals surface area contributed by atoms with Crippen LogP contribution in [0.5, 0.6) is 0 Å². The molecule has 0 saturated heterocycles. The van der Waals surface area contributed by atoms with Crippen molar-refractivity contribution >= 4 is 62.7 Å². The van der Waals surface area contributed by atoms with E-state index in [1.54, 1.807) is 24.1 Å². The highest BCUT2D eigenvalue weighted by Gasteiger charge is 2.38. The first-order chi connectivity index (χ1) is 24.2. The molecule has 2 atom stereocenters. The van der Waals surface area contributed by atoms with Crippen LogP contribution in [0, 0.1) is 0 Å². The summed E-state index contributed by atoms with van der Waals surface area (Å²) in [5, 5.41) is 23.0. The van der Waals surface area contributed by atoms with Crippen LogP contribution in [0.1, 0.15) is 30.0 Å². The average Bonchev–Trinajstić information content (AvgIpc) is 3.49. The second-order valence-corrected chi connectivity index (χ2v) is 12.7. The second-order valence-electron chi connectivity index (χ2n) is 11.9. The Kier molecular flexibility index (Phi) is 13.5. The Hall–Kier alpha value is -4.62. The fourth-order valence-corrected chi connectivity index (χ4v) is 6.06. The van der Waals surface area contributed by atoms with E-state index in [4.69, 9.17) is 33.1 Å². The summed E-state index contributed by atoms with van der Waals surface area (Å²) in [7, 11) is 1.77. The number of carbonyl (C=O) groups excluding carboxylic acids is 1. The first-order valence-corrected chi connectivity index (χ1v) is 16.7. The molecule has 9 nitrogen and oxygen atoms in total. The predicted octanol–water partition coefficient (Wildman–Crippen LogP) is 7.74. The van der Waals surface area contributed by atoms with Gasteiger partial charge in [-0.25, -0.2) is 9.80 Å². The number of aliphatic carboxylic acids is 2. The maximum absolute atomic E-state index is 14.2. The Morgan fingerprint density at radius 3 is 2.16 bits per heavy atom. The van der Waals surface area contributed by atoms with Crippen LogP contribution in [0.3, 0.4) is 0 Å². The van der Waals surface area contributed by atoms with Gasteiger partial charge in [0.25, 0.3) is 0 Å². The molecule has 1 aromatic heterocycles. The Labute approximate surface area is 302 Å². The van der Waals surface area contributed by atoms with E-state index in [-0.39, 0.29) is 12.3 Å². The number of hydrogen-bond donors (Lipinski definition) is 4. The number of nitrogens with zero attached hydrogens (tertiary/aromatic N) is 2. The van der Waals surface area contributed by atoms with Crippen molar-refractivity contribution in [1.82, 2.24) is 20.3 Å². The number of amides is 1. The van der Waals surface area contributed by atoms with Crippen LogP contribution in [0.2, 0.25) is 10.0 Å². The molecule has 0 spiro atoms. The highest BCUT2D eigenvalue weighted by atomic mass is 35.5.